The largest absolute Gasteiger partial charge is 0.299 e. The van der Waals surface area contributed by atoms with E-state index in [2.05, 4.69) is 4.72 Å². The summed E-state index contributed by atoms with van der Waals surface area (Å²) in [6, 6.07) is 15.8. The highest BCUT2D eigenvalue weighted by Gasteiger charge is 2.32. The summed E-state index contributed by atoms with van der Waals surface area (Å²) in [7, 11) is -3.63. The van der Waals surface area contributed by atoms with E-state index in [4.69, 9.17) is 0 Å². The van der Waals surface area contributed by atoms with E-state index in [9.17, 15) is 13.2 Å². The zero-order chi connectivity index (χ0) is 17.2. The molecule has 0 aliphatic heterocycles. The summed E-state index contributed by atoms with van der Waals surface area (Å²) in [5, 5.41) is 0. The molecule has 5 heteroatoms. The van der Waals surface area contributed by atoms with Gasteiger partial charge >= 0.3 is 0 Å². The molecule has 0 amide bonds. The molecular weight excluding hydrogens is 322 g/mol. The normalized spacial score (nSPS) is 18.9. The minimum absolute atomic E-state index is 0.0454. The highest BCUT2D eigenvalue weighted by atomic mass is 32.2. The van der Waals surface area contributed by atoms with Crippen LogP contribution in [0.15, 0.2) is 59.5 Å². The van der Waals surface area contributed by atoms with Gasteiger partial charge in [0.25, 0.3) is 0 Å². The Hall–Kier alpha value is -1.98. The Balaban J connectivity index is 1.85. The molecule has 0 heterocycles. The van der Waals surface area contributed by atoms with Crippen LogP contribution in [0.3, 0.4) is 0 Å². The molecule has 0 bridgehead atoms. The van der Waals surface area contributed by atoms with Crippen molar-refractivity contribution in [3.63, 3.8) is 0 Å². The van der Waals surface area contributed by atoms with Gasteiger partial charge in [-0.05, 0) is 37.5 Å². The average molecular weight is 343 g/mol. The Kier molecular flexibility index (Phi) is 4.83. The third kappa shape index (κ3) is 3.74. The van der Waals surface area contributed by atoms with Crippen LogP contribution in [0.2, 0.25) is 0 Å². The molecule has 0 radical (unpaired) electrons. The lowest BCUT2D eigenvalue weighted by atomic mass is 9.78. The Bertz CT molecular complexity index is 813. The van der Waals surface area contributed by atoms with E-state index in [1.807, 2.05) is 37.3 Å². The van der Waals surface area contributed by atoms with Crippen molar-refractivity contribution in [2.75, 3.05) is 0 Å². The second-order valence-electron chi connectivity index (χ2n) is 6.34. The molecule has 1 aliphatic carbocycles. The number of benzene rings is 2. The van der Waals surface area contributed by atoms with Gasteiger partial charge < -0.3 is 0 Å². The van der Waals surface area contributed by atoms with Crippen LogP contribution in [0.1, 0.15) is 36.4 Å². The number of rotatable bonds is 6. The molecule has 0 aromatic heterocycles. The Labute approximate surface area is 143 Å². The van der Waals surface area contributed by atoms with Gasteiger partial charge in [-0.3, -0.25) is 4.79 Å². The third-order valence-corrected chi connectivity index (χ3v) is 6.03. The molecule has 126 valence electrons. The number of hydrogen-bond donors (Lipinski definition) is 1. The summed E-state index contributed by atoms with van der Waals surface area (Å²) >= 11 is 0. The minimum Gasteiger partial charge on any atom is -0.299 e. The van der Waals surface area contributed by atoms with Gasteiger partial charge in [0.05, 0.1) is 4.90 Å². The van der Waals surface area contributed by atoms with E-state index in [0.29, 0.717) is 12.8 Å². The van der Waals surface area contributed by atoms with E-state index >= 15 is 0 Å². The van der Waals surface area contributed by atoms with Gasteiger partial charge in [0.15, 0.2) is 0 Å². The van der Waals surface area contributed by atoms with Crippen molar-refractivity contribution in [3.05, 3.63) is 65.7 Å². The maximum Gasteiger partial charge on any atom is 0.241 e. The van der Waals surface area contributed by atoms with Crippen LogP contribution >= 0.6 is 0 Å². The second-order valence-corrected chi connectivity index (χ2v) is 8.05. The number of ketones is 1. The first kappa shape index (κ1) is 16.9. The van der Waals surface area contributed by atoms with Gasteiger partial charge in [0.2, 0.25) is 10.0 Å². The van der Waals surface area contributed by atoms with E-state index < -0.39 is 16.1 Å². The molecule has 2 atom stereocenters. The fraction of sp³-hybridized carbons (Fsp3) is 0.316. The fourth-order valence-electron chi connectivity index (χ4n) is 2.91. The van der Waals surface area contributed by atoms with Crippen molar-refractivity contribution in [2.24, 2.45) is 5.92 Å². The molecule has 0 spiro atoms. The van der Waals surface area contributed by atoms with Gasteiger partial charge in [-0.25, -0.2) is 13.1 Å². The molecule has 1 aliphatic rings. The smallest absolute Gasteiger partial charge is 0.241 e. The molecule has 0 unspecified atom stereocenters. The van der Waals surface area contributed by atoms with Gasteiger partial charge in [-0.15, -0.1) is 0 Å². The van der Waals surface area contributed by atoms with E-state index in [0.717, 1.165) is 17.5 Å². The maximum absolute atomic E-state index is 12.7. The number of Topliss-reactive ketones (excluding diaryl/α,β-unsaturated/α-hetero) is 1. The Morgan fingerprint density at radius 3 is 2.29 bits per heavy atom. The number of carbonyl (C=O) groups is 1. The molecule has 3 rings (SSSR count). The third-order valence-electron chi connectivity index (χ3n) is 4.55. The first-order chi connectivity index (χ1) is 11.5. The number of aryl methyl sites for hydroxylation is 1. The van der Waals surface area contributed by atoms with Crippen LogP contribution in [-0.2, 0) is 14.8 Å². The zero-order valence-corrected chi connectivity index (χ0v) is 14.4. The van der Waals surface area contributed by atoms with Crippen LogP contribution < -0.4 is 4.72 Å². The van der Waals surface area contributed by atoms with Crippen LogP contribution in [0.25, 0.3) is 0 Å². The summed E-state index contributed by atoms with van der Waals surface area (Å²) < 4.78 is 28.2. The lowest BCUT2D eigenvalue weighted by Gasteiger charge is -2.29. The molecule has 0 saturated heterocycles. The fourth-order valence-corrected chi connectivity index (χ4v) is 4.15. The summed E-state index contributed by atoms with van der Waals surface area (Å²) in [6.45, 7) is 1.92. The van der Waals surface area contributed by atoms with Crippen molar-refractivity contribution in [3.8, 4) is 0 Å². The highest BCUT2D eigenvalue weighted by Crippen LogP contribution is 2.33. The molecule has 24 heavy (non-hydrogen) atoms. The molecular formula is C19H21NO3S. The van der Waals surface area contributed by atoms with Crippen LogP contribution in [0.5, 0.6) is 0 Å². The SMILES string of the molecule is Cc1ccc(S(=O)(=O)N[C@H](C[C@@H]2CCC2=O)c2ccccc2)cc1. The lowest BCUT2D eigenvalue weighted by Crippen LogP contribution is -2.34. The predicted molar refractivity (Wildman–Crippen MR) is 93.0 cm³/mol. The monoisotopic (exact) mass is 343 g/mol. The second kappa shape index (κ2) is 6.87. The quantitative estimate of drug-likeness (QED) is 0.874. The van der Waals surface area contributed by atoms with E-state index in [-0.39, 0.29) is 16.6 Å². The Morgan fingerprint density at radius 1 is 1.08 bits per heavy atom. The number of sulfonamides is 1. The molecule has 1 saturated carbocycles. The summed E-state index contributed by atoms with van der Waals surface area (Å²) in [5.41, 5.74) is 1.89. The van der Waals surface area contributed by atoms with Crippen molar-refractivity contribution in [1.82, 2.24) is 4.72 Å². The maximum atomic E-state index is 12.7. The summed E-state index contributed by atoms with van der Waals surface area (Å²) in [5.74, 6) is 0.182. The minimum atomic E-state index is -3.63. The zero-order valence-electron chi connectivity index (χ0n) is 13.6. The van der Waals surface area contributed by atoms with Gasteiger partial charge in [0.1, 0.15) is 5.78 Å². The van der Waals surface area contributed by atoms with Crippen LogP contribution in [0.4, 0.5) is 0 Å². The first-order valence-electron chi connectivity index (χ1n) is 8.12. The van der Waals surface area contributed by atoms with Crippen molar-refractivity contribution >= 4 is 15.8 Å². The topological polar surface area (TPSA) is 63.2 Å². The highest BCUT2D eigenvalue weighted by molar-refractivity contribution is 7.89. The number of nitrogens with one attached hydrogen (secondary N) is 1. The number of carbonyl (C=O) groups excluding carboxylic acids is 1. The van der Waals surface area contributed by atoms with Crippen molar-refractivity contribution < 1.29 is 13.2 Å². The first-order valence-corrected chi connectivity index (χ1v) is 9.61. The molecule has 4 nitrogen and oxygen atoms in total. The summed E-state index contributed by atoms with van der Waals surface area (Å²) in [4.78, 5) is 11.9. The van der Waals surface area contributed by atoms with Crippen molar-refractivity contribution in [1.29, 1.82) is 0 Å². The molecule has 2 aromatic carbocycles. The Morgan fingerprint density at radius 2 is 1.75 bits per heavy atom. The van der Waals surface area contributed by atoms with E-state index in [1.165, 1.54) is 0 Å². The van der Waals surface area contributed by atoms with Crippen LogP contribution in [0, 0.1) is 12.8 Å². The van der Waals surface area contributed by atoms with Crippen molar-refractivity contribution in [2.45, 2.75) is 37.1 Å². The van der Waals surface area contributed by atoms with Gasteiger partial charge in [-0.2, -0.15) is 0 Å². The molecule has 2 aromatic rings. The molecule has 1 fully saturated rings. The van der Waals surface area contributed by atoms with E-state index in [1.54, 1.807) is 24.3 Å². The van der Waals surface area contributed by atoms with Gasteiger partial charge in [0, 0.05) is 18.4 Å². The lowest BCUT2D eigenvalue weighted by molar-refractivity contribution is -0.129. The van der Waals surface area contributed by atoms with Gasteiger partial charge in [-0.1, -0.05) is 48.0 Å². The molecule has 1 N–H and O–H groups in total. The average Bonchev–Trinajstić information content (AvgIpc) is 2.58. The number of hydrogen-bond acceptors (Lipinski definition) is 3. The summed E-state index contributed by atoms with van der Waals surface area (Å²) in [6.07, 6.45) is 1.96. The predicted octanol–water partition coefficient (Wildman–Crippen LogP) is 3.38. The standard InChI is InChI=1S/C19H21NO3S/c1-14-7-10-17(11-8-14)24(22,23)20-18(13-16-9-12-19(16)21)15-5-3-2-4-6-15/h2-8,10-11,16,18,20H,9,12-13H2,1H3/t16-,18+/m0/s1. The van der Waals surface area contributed by atoms with Crippen LogP contribution in [-0.4, -0.2) is 14.2 Å².